The van der Waals surface area contributed by atoms with Gasteiger partial charge in [0, 0.05) is 6.42 Å². The second kappa shape index (κ2) is 1.97. The summed E-state index contributed by atoms with van der Waals surface area (Å²) < 4.78 is 10.7. The van der Waals surface area contributed by atoms with Crippen molar-refractivity contribution in [3.05, 3.63) is 0 Å². The van der Waals surface area contributed by atoms with Crippen LogP contribution < -0.4 is 0 Å². The molecule has 2 aliphatic rings. The molecule has 0 aromatic heterocycles. The highest BCUT2D eigenvalue weighted by atomic mass is 16.6. The van der Waals surface area contributed by atoms with Gasteiger partial charge in [0.2, 0.25) is 0 Å². The molecular formula is C8H12O3. The number of carbonyl (C=O) groups excluding carboxylic acids is 1. The van der Waals surface area contributed by atoms with Crippen molar-refractivity contribution in [2.24, 2.45) is 0 Å². The Morgan fingerprint density at radius 3 is 2.82 bits per heavy atom. The van der Waals surface area contributed by atoms with Crippen LogP contribution in [0.4, 0.5) is 0 Å². The van der Waals surface area contributed by atoms with Gasteiger partial charge in [0.1, 0.15) is 12.2 Å². The number of fused-ring (bicyclic) bond motifs is 1. The van der Waals surface area contributed by atoms with E-state index < -0.39 is 0 Å². The predicted molar refractivity (Wildman–Crippen MR) is 38.1 cm³/mol. The van der Waals surface area contributed by atoms with Gasteiger partial charge in [-0.05, 0) is 13.8 Å². The lowest BCUT2D eigenvalue weighted by molar-refractivity contribution is -0.141. The minimum atomic E-state index is -0.115. The van der Waals surface area contributed by atoms with Gasteiger partial charge in [-0.3, -0.25) is 4.79 Å². The van der Waals surface area contributed by atoms with Crippen molar-refractivity contribution in [3.8, 4) is 0 Å². The lowest BCUT2D eigenvalue weighted by Gasteiger charge is -2.17. The Morgan fingerprint density at radius 1 is 1.45 bits per heavy atom. The predicted octanol–water partition coefficient (Wildman–Crippen LogP) is 0.869. The third-order valence-electron chi connectivity index (χ3n) is 2.23. The summed E-state index contributed by atoms with van der Waals surface area (Å²) in [6.07, 6.45) is 1.33. The van der Waals surface area contributed by atoms with Gasteiger partial charge in [-0.1, -0.05) is 0 Å². The summed E-state index contributed by atoms with van der Waals surface area (Å²) in [7, 11) is 0. The molecule has 3 nitrogen and oxygen atoms in total. The van der Waals surface area contributed by atoms with E-state index >= 15 is 0 Å². The molecule has 0 aliphatic carbocycles. The fourth-order valence-electron chi connectivity index (χ4n) is 1.82. The van der Waals surface area contributed by atoms with Crippen LogP contribution in [0.2, 0.25) is 0 Å². The maximum Gasteiger partial charge on any atom is 0.308 e. The van der Waals surface area contributed by atoms with Gasteiger partial charge in [0.05, 0.1) is 12.0 Å². The van der Waals surface area contributed by atoms with Crippen LogP contribution in [0.25, 0.3) is 0 Å². The second-order valence-corrected chi connectivity index (χ2v) is 3.85. The molecular weight excluding hydrogens is 144 g/mol. The standard InChI is InChI=1S/C8H12O3/c1-8(2)4-6-5(11-8)3-7(9)10-6/h5-6H,3-4H2,1-2H3/t5-,6-/m0/s1. The molecule has 0 aromatic carbocycles. The average Bonchev–Trinajstić information content (AvgIpc) is 2.17. The summed E-state index contributed by atoms with van der Waals surface area (Å²) in [4.78, 5) is 10.8. The number of esters is 1. The minimum absolute atomic E-state index is 0.0255. The molecule has 0 aromatic rings. The topological polar surface area (TPSA) is 35.5 Å². The lowest BCUT2D eigenvalue weighted by Crippen LogP contribution is -2.20. The molecule has 2 rings (SSSR count). The van der Waals surface area contributed by atoms with Crippen molar-refractivity contribution >= 4 is 5.97 Å². The quantitative estimate of drug-likeness (QED) is 0.488. The van der Waals surface area contributed by atoms with Crippen molar-refractivity contribution in [2.45, 2.75) is 44.5 Å². The van der Waals surface area contributed by atoms with Crippen molar-refractivity contribution < 1.29 is 14.3 Å². The highest BCUT2D eigenvalue weighted by Crippen LogP contribution is 2.37. The highest BCUT2D eigenvalue weighted by Gasteiger charge is 2.47. The Hall–Kier alpha value is -0.570. The van der Waals surface area contributed by atoms with E-state index in [0.717, 1.165) is 6.42 Å². The van der Waals surface area contributed by atoms with Crippen molar-refractivity contribution in [2.75, 3.05) is 0 Å². The van der Waals surface area contributed by atoms with Crippen LogP contribution in [0.3, 0.4) is 0 Å². The molecule has 0 unspecified atom stereocenters. The van der Waals surface area contributed by atoms with Crippen LogP contribution in [-0.4, -0.2) is 23.8 Å². The Bertz CT molecular complexity index is 180. The third kappa shape index (κ3) is 1.13. The molecule has 0 N–H and O–H groups in total. The number of hydrogen-bond acceptors (Lipinski definition) is 3. The molecule has 0 amide bonds. The number of ether oxygens (including phenoxy) is 2. The lowest BCUT2D eigenvalue weighted by atomic mass is 10.0. The fourth-order valence-corrected chi connectivity index (χ4v) is 1.82. The van der Waals surface area contributed by atoms with E-state index in [1.165, 1.54) is 0 Å². The van der Waals surface area contributed by atoms with Crippen molar-refractivity contribution in [3.63, 3.8) is 0 Å². The van der Waals surface area contributed by atoms with Gasteiger partial charge in [0.25, 0.3) is 0 Å². The highest BCUT2D eigenvalue weighted by molar-refractivity contribution is 5.72. The number of carbonyl (C=O) groups is 1. The molecule has 0 saturated carbocycles. The molecule has 2 atom stereocenters. The maximum atomic E-state index is 10.8. The number of rotatable bonds is 0. The van der Waals surface area contributed by atoms with Crippen LogP contribution in [-0.2, 0) is 14.3 Å². The van der Waals surface area contributed by atoms with E-state index in [1.807, 2.05) is 13.8 Å². The van der Waals surface area contributed by atoms with Crippen LogP contribution in [0.1, 0.15) is 26.7 Å². The zero-order chi connectivity index (χ0) is 8.06. The van der Waals surface area contributed by atoms with E-state index in [-0.39, 0.29) is 23.8 Å². The summed E-state index contributed by atoms with van der Waals surface area (Å²) >= 11 is 0. The Balaban J connectivity index is 2.09. The molecule has 2 heterocycles. The van der Waals surface area contributed by atoms with Crippen LogP contribution in [0.15, 0.2) is 0 Å². The number of hydrogen-bond donors (Lipinski definition) is 0. The summed E-state index contributed by atoms with van der Waals surface area (Å²) in [6, 6.07) is 0. The largest absolute Gasteiger partial charge is 0.459 e. The summed E-state index contributed by atoms with van der Waals surface area (Å²) in [5, 5.41) is 0. The first-order valence-electron chi connectivity index (χ1n) is 3.94. The van der Waals surface area contributed by atoms with E-state index in [9.17, 15) is 4.79 Å². The van der Waals surface area contributed by atoms with Gasteiger partial charge < -0.3 is 9.47 Å². The third-order valence-corrected chi connectivity index (χ3v) is 2.23. The average molecular weight is 156 g/mol. The zero-order valence-corrected chi connectivity index (χ0v) is 6.79. The fraction of sp³-hybridized carbons (Fsp3) is 0.875. The molecule has 2 saturated heterocycles. The molecule has 0 spiro atoms. The van der Waals surface area contributed by atoms with Crippen LogP contribution in [0, 0.1) is 0 Å². The zero-order valence-electron chi connectivity index (χ0n) is 6.79. The van der Waals surface area contributed by atoms with E-state index in [2.05, 4.69) is 0 Å². The maximum absolute atomic E-state index is 10.8. The molecule has 0 radical (unpaired) electrons. The molecule has 3 heteroatoms. The summed E-state index contributed by atoms with van der Waals surface area (Å²) in [5.41, 5.74) is -0.101. The molecule has 2 aliphatic heterocycles. The van der Waals surface area contributed by atoms with Crippen molar-refractivity contribution in [1.82, 2.24) is 0 Å². The first kappa shape index (κ1) is 7.10. The first-order chi connectivity index (χ1) is 5.07. The van der Waals surface area contributed by atoms with Crippen LogP contribution >= 0.6 is 0 Å². The first-order valence-corrected chi connectivity index (χ1v) is 3.94. The Kier molecular flexibility index (Phi) is 1.27. The Labute approximate surface area is 65.7 Å². The van der Waals surface area contributed by atoms with Gasteiger partial charge >= 0.3 is 5.97 Å². The molecule has 62 valence electrons. The van der Waals surface area contributed by atoms with Gasteiger partial charge in [-0.25, -0.2) is 0 Å². The normalized spacial score (nSPS) is 40.4. The monoisotopic (exact) mass is 156 g/mol. The second-order valence-electron chi connectivity index (χ2n) is 3.85. The molecule has 2 fully saturated rings. The summed E-state index contributed by atoms with van der Waals surface area (Å²) in [5.74, 6) is -0.115. The van der Waals surface area contributed by atoms with E-state index in [0.29, 0.717) is 6.42 Å². The van der Waals surface area contributed by atoms with E-state index in [4.69, 9.17) is 9.47 Å². The molecule has 0 bridgehead atoms. The van der Waals surface area contributed by atoms with Crippen LogP contribution in [0.5, 0.6) is 0 Å². The smallest absolute Gasteiger partial charge is 0.308 e. The Morgan fingerprint density at radius 2 is 2.18 bits per heavy atom. The minimum Gasteiger partial charge on any atom is -0.459 e. The van der Waals surface area contributed by atoms with Gasteiger partial charge in [-0.15, -0.1) is 0 Å². The SMILES string of the molecule is CC1(C)C[C@@H]2OC(=O)C[C@@H]2O1. The van der Waals surface area contributed by atoms with Crippen molar-refractivity contribution in [1.29, 1.82) is 0 Å². The summed E-state index contributed by atoms with van der Waals surface area (Å²) in [6.45, 7) is 4.05. The molecule has 11 heavy (non-hydrogen) atoms. The van der Waals surface area contributed by atoms with E-state index in [1.54, 1.807) is 0 Å². The van der Waals surface area contributed by atoms with Gasteiger partial charge in [0.15, 0.2) is 0 Å². The van der Waals surface area contributed by atoms with Gasteiger partial charge in [-0.2, -0.15) is 0 Å².